The molecule has 0 spiro atoms. The van der Waals surface area contributed by atoms with Crippen LogP contribution < -0.4 is 5.32 Å². The summed E-state index contributed by atoms with van der Waals surface area (Å²) in [6.45, 7) is 6.66. The second-order valence-corrected chi connectivity index (χ2v) is 6.60. The van der Waals surface area contributed by atoms with Crippen LogP contribution >= 0.6 is 0 Å². The number of ether oxygens (including phenoxy) is 1. The van der Waals surface area contributed by atoms with Gasteiger partial charge < -0.3 is 5.32 Å². The summed E-state index contributed by atoms with van der Waals surface area (Å²) in [6.07, 6.45) is -0.896. The molecule has 2 fully saturated rings. The summed E-state index contributed by atoms with van der Waals surface area (Å²) < 4.78 is 39.5. The molecule has 0 aromatic heterocycles. The zero-order chi connectivity index (χ0) is 13.6. The highest BCUT2D eigenvalue weighted by Crippen LogP contribution is 2.62. The van der Waals surface area contributed by atoms with Gasteiger partial charge in [0.15, 0.2) is 0 Å². The van der Waals surface area contributed by atoms with Gasteiger partial charge in [-0.15, -0.1) is 13.2 Å². The molecule has 0 amide bonds. The van der Waals surface area contributed by atoms with E-state index in [1.807, 2.05) is 0 Å². The quantitative estimate of drug-likeness (QED) is 0.787. The Bertz CT molecular complexity index is 311. The van der Waals surface area contributed by atoms with Crippen LogP contribution in [0.15, 0.2) is 0 Å². The molecule has 5 heteroatoms. The predicted molar refractivity (Wildman–Crippen MR) is 63.0 cm³/mol. The maximum Gasteiger partial charge on any atom is 0.522 e. The van der Waals surface area contributed by atoms with E-state index in [1.54, 1.807) is 0 Å². The molecular formula is C13H22F3NO. The molecule has 2 saturated carbocycles. The fourth-order valence-electron chi connectivity index (χ4n) is 4.18. The van der Waals surface area contributed by atoms with Gasteiger partial charge in [-0.2, -0.15) is 0 Å². The van der Waals surface area contributed by atoms with E-state index in [4.69, 9.17) is 0 Å². The largest absolute Gasteiger partial charge is 0.522 e. The number of fused-ring (bicyclic) bond motifs is 2. The monoisotopic (exact) mass is 265 g/mol. The van der Waals surface area contributed by atoms with Gasteiger partial charge in [0.1, 0.15) is 0 Å². The molecule has 2 nitrogen and oxygen atoms in total. The van der Waals surface area contributed by atoms with Crippen LogP contribution in [-0.2, 0) is 4.74 Å². The van der Waals surface area contributed by atoms with E-state index >= 15 is 0 Å². The first-order chi connectivity index (χ1) is 8.15. The molecular weight excluding hydrogens is 243 g/mol. The van der Waals surface area contributed by atoms with E-state index in [0.717, 1.165) is 0 Å². The summed E-state index contributed by atoms with van der Waals surface area (Å²) in [6, 6.07) is 0.292. The van der Waals surface area contributed by atoms with Gasteiger partial charge in [0.25, 0.3) is 0 Å². The molecule has 0 radical (unpaired) electrons. The standard InChI is InChI=1S/C13H22F3NO/c1-11(2)9-4-5-12(3,8-9)10(11)17-6-7-18-13(14,15)16/h9-10,17H,4-8H2,1-3H3. The van der Waals surface area contributed by atoms with Crippen LogP contribution in [0.4, 0.5) is 13.2 Å². The average Bonchev–Trinajstić information content (AvgIpc) is 2.66. The van der Waals surface area contributed by atoms with E-state index in [-0.39, 0.29) is 24.0 Å². The molecule has 0 aromatic rings. The highest BCUT2D eigenvalue weighted by atomic mass is 19.4. The first-order valence-corrected chi connectivity index (χ1v) is 6.59. The van der Waals surface area contributed by atoms with Gasteiger partial charge >= 0.3 is 6.36 Å². The Morgan fingerprint density at radius 2 is 1.94 bits per heavy atom. The highest BCUT2D eigenvalue weighted by molar-refractivity contribution is 5.11. The van der Waals surface area contributed by atoms with Crippen LogP contribution in [0, 0.1) is 16.7 Å². The predicted octanol–water partition coefficient (Wildman–Crippen LogP) is 3.33. The molecule has 2 rings (SSSR count). The second kappa shape index (κ2) is 4.37. The van der Waals surface area contributed by atoms with Crippen molar-refractivity contribution >= 4 is 0 Å². The van der Waals surface area contributed by atoms with Crippen molar-refractivity contribution in [2.24, 2.45) is 16.7 Å². The van der Waals surface area contributed by atoms with E-state index < -0.39 is 6.36 Å². The Kier molecular flexibility index (Phi) is 3.43. The zero-order valence-electron chi connectivity index (χ0n) is 11.2. The maximum atomic E-state index is 11.9. The summed E-state index contributed by atoms with van der Waals surface area (Å²) >= 11 is 0. The van der Waals surface area contributed by atoms with E-state index in [2.05, 4.69) is 30.8 Å². The minimum atomic E-state index is -4.52. The first-order valence-electron chi connectivity index (χ1n) is 6.59. The van der Waals surface area contributed by atoms with Crippen LogP contribution in [-0.4, -0.2) is 25.6 Å². The summed E-state index contributed by atoms with van der Waals surface area (Å²) in [5.74, 6) is 0.698. The summed E-state index contributed by atoms with van der Waals surface area (Å²) in [7, 11) is 0. The van der Waals surface area contributed by atoms with E-state index in [0.29, 0.717) is 12.0 Å². The fourth-order valence-corrected chi connectivity index (χ4v) is 4.18. The fraction of sp³-hybridized carbons (Fsp3) is 1.00. The van der Waals surface area contributed by atoms with Gasteiger partial charge in [0.2, 0.25) is 0 Å². The van der Waals surface area contributed by atoms with Gasteiger partial charge in [-0.05, 0) is 36.0 Å². The van der Waals surface area contributed by atoms with E-state index in [1.165, 1.54) is 19.3 Å². The Balaban J connectivity index is 1.86. The second-order valence-electron chi connectivity index (χ2n) is 6.60. The lowest BCUT2D eigenvalue weighted by molar-refractivity contribution is -0.323. The summed E-state index contributed by atoms with van der Waals surface area (Å²) in [4.78, 5) is 0. The van der Waals surface area contributed by atoms with Gasteiger partial charge in [0.05, 0.1) is 6.61 Å². The van der Waals surface area contributed by atoms with Crippen molar-refractivity contribution in [3.05, 3.63) is 0 Å². The lowest BCUT2D eigenvalue weighted by Gasteiger charge is -2.43. The smallest absolute Gasteiger partial charge is 0.311 e. The van der Waals surface area contributed by atoms with Crippen LogP contribution in [0.25, 0.3) is 0 Å². The lowest BCUT2D eigenvalue weighted by Crippen LogP contribution is -2.51. The Morgan fingerprint density at radius 1 is 1.28 bits per heavy atom. The molecule has 0 aromatic carbocycles. The van der Waals surface area contributed by atoms with Crippen molar-refractivity contribution in [3.63, 3.8) is 0 Å². The number of halogens is 3. The van der Waals surface area contributed by atoms with Crippen molar-refractivity contribution in [1.29, 1.82) is 0 Å². The van der Waals surface area contributed by atoms with Gasteiger partial charge in [-0.1, -0.05) is 20.8 Å². The number of hydrogen-bond acceptors (Lipinski definition) is 2. The molecule has 2 aliphatic rings. The van der Waals surface area contributed by atoms with Crippen molar-refractivity contribution in [2.75, 3.05) is 13.2 Å². The maximum absolute atomic E-state index is 11.9. The van der Waals surface area contributed by atoms with Crippen LogP contribution in [0.5, 0.6) is 0 Å². The number of hydrogen-bond donors (Lipinski definition) is 1. The van der Waals surface area contributed by atoms with Crippen molar-refractivity contribution < 1.29 is 17.9 Å². The van der Waals surface area contributed by atoms with Crippen LogP contribution in [0.3, 0.4) is 0 Å². The van der Waals surface area contributed by atoms with Gasteiger partial charge in [0, 0.05) is 12.6 Å². The van der Waals surface area contributed by atoms with Crippen LogP contribution in [0.2, 0.25) is 0 Å². The third kappa shape index (κ3) is 2.52. The SMILES string of the molecule is CC12CCC(C1)C(C)(C)C2NCCOC(F)(F)F. The minimum Gasteiger partial charge on any atom is -0.311 e. The lowest BCUT2D eigenvalue weighted by atomic mass is 9.68. The molecule has 2 bridgehead atoms. The summed E-state index contributed by atoms with van der Waals surface area (Å²) in [5, 5.41) is 3.29. The topological polar surface area (TPSA) is 21.3 Å². The van der Waals surface area contributed by atoms with Crippen molar-refractivity contribution in [3.8, 4) is 0 Å². The van der Waals surface area contributed by atoms with E-state index in [9.17, 15) is 13.2 Å². The first kappa shape index (κ1) is 14.1. The molecule has 3 unspecified atom stereocenters. The zero-order valence-corrected chi connectivity index (χ0v) is 11.2. The minimum absolute atomic E-state index is 0.172. The molecule has 1 N–H and O–H groups in total. The van der Waals surface area contributed by atoms with Crippen molar-refractivity contribution in [1.82, 2.24) is 5.32 Å². The highest BCUT2D eigenvalue weighted by Gasteiger charge is 2.58. The third-order valence-electron chi connectivity index (χ3n) is 4.99. The molecule has 2 aliphatic carbocycles. The normalized spacial score (nSPS) is 38.3. The number of nitrogens with one attached hydrogen (secondary N) is 1. The molecule has 0 saturated heterocycles. The Morgan fingerprint density at radius 3 is 2.44 bits per heavy atom. The van der Waals surface area contributed by atoms with Crippen LogP contribution in [0.1, 0.15) is 40.0 Å². The van der Waals surface area contributed by atoms with Gasteiger partial charge in [-0.25, -0.2) is 0 Å². The van der Waals surface area contributed by atoms with Crippen molar-refractivity contribution in [2.45, 2.75) is 52.4 Å². The molecule has 3 atom stereocenters. The Hall–Kier alpha value is -0.290. The molecule has 106 valence electrons. The molecule has 0 heterocycles. The summed E-state index contributed by atoms with van der Waals surface area (Å²) in [5.41, 5.74) is 0.414. The molecule has 0 aliphatic heterocycles. The average molecular weight is 265 g/mol. The third-order valence-corrected chi connectivity index (χ3v) is 4.99. The number of alkyl halides is 3. The Labute approximate surface area is 106 Å². The molecule has 18 heavy (non-hydrogen) atoms. The number of rotatable bonds is 4. The van der Waals surface area contributed by atoms with Gasteiger partial charge in [-0.3, -0.25) is 4.74 Å².